The lowest BCUT2D eigenvalue weighted by Crippen LogP contribution is -2.64. The zero-order valence-corrected chi connectivity index (χ0v) is 17.9. The lowest BCUT2D eigenvalue weighted by atomic mass is 9.43. The lowest BCUT2D eigenvalue weighted by molar-refractivity contribution is -0.214. The highest BCUT2D eigenvalue weighted by atomic mass is 16.6. The van der Waals surface area contributed by atoms with Crippen molar-refractivity contribution in [1.82, 2.24) is 0 Å². The molecule has 7 nitrogen and oxygen atoms in total. The molecule has 1 saturated heterocycles. The van der Waals surface area contributed by atoms with Gasteiger partial charge in [-0.2, -0.15) is 0 Å². The molecule has 30 heavy (non-hydrogen) atoms. The number of rotatable bonds is 3. The van der Waals surface area contributed by atoms with E-state index in [2.05, 4.69) is 13.8 Å². The SMILES string of the molecule is CC(=O)O[C@H]1C[C@@H](C)[C@]2(C)CC[C@H]3C(=O)O[C@H](C(O)c4ccco4)C[C@]3(C)[C@H]2C1=O. The maximum Gasteiger partial charge on any atom is 0.309 e. The average molecular weight is 418 g/mol. The smallest absolute Gasteiger partial charge is 0.309 e. The van der Waals surface area contributed by atoms with E-state index in [4.69, 9.17) is 13.9 Å². The van der Waals surface area contributed by atoms with Crippen molar-refractivity contribution in [3.8, 4) is 0 Å². The Labute approximate surface area is 176 Å². The first-order valence-corrected chi connectivity index (χ1v) is 10.7. The molecule has 2 saturated carbocycles. The van der Waals surface area contributed by atoms with Crippen LogP contribution in [0.25, 0.3) is 0 Å². The summed E-state index contributed by atoms with van der Waals surface area (Å²) in [6.07, 6.45) is 0.977. The monoisotopic (exact) mass is 418 g/mol. The number of ether oxygens (including phenoxy) is 2. The van der Waals surface area contributed by atoms with Crippen LogP contribution in [0.1, 0.15) is 65.2 Å². The fourth-order valence-corrected chi connectivity index (χ4v) is 6.44. The molecule has 7 heteroatoms. The van der Waals surface area contributed by atoms with E-state index < -0.39 is 41.5 Å². The summed E-state index contributed by atoms with van der Waals surface area (Å²) < 4.78 is 16.3. The summed E-state index contributed by atoms with van der Waals surface area (Å²) >= 11 is 0. The zero-order chi connectivity index (χ0) is 21.8. The number of Topliss-reactive ketones (excluding diaryl/α,β-unsaturated/α-hetero) is 1. The molecular weight excluding hydrogens is 388 g/mol. The van der Waals surface area contributed by atoms with Gasteiger partial charge in [0.25, 0.3) is 0 Å². The zero-order valence-electron chi connectivity index (χ0n) is 17.9. The van der Waals surface area contributed by atoms with Crippen LogP contribution in [0.5, 0.6) is 0 Å². The minimum Gasteiger partial charge on any atom is -0.466 e. The Morgan fingerprint density at radius 2 is 2.03 bits per heavy atom. The van der Waals surface area contributed by atoms with Gasteiger partial charge < -0.3 is 19.0 Å². The molecule has 164 valence electrons. The Morgan fingerprint density at radius 1 is 1.30 bits per heavy atom. The van der Waals surface area contributed by atoms with Gasteiger partial charge in [-0.25, -0.2) is 0 Å². The van der Waals surface area contributed by atoms with Crippen molar-refractivity contribution in [3.05, 3.63) is 24.2 Å². The molecular formula is C23H30O7. The van der Waals surface area contributed by atoms with Gasteiger partial charge in [0.05, 0.1) is 12.2 Å². The summed E-state index contributed by atoms with van der Waals surface area (Å²) in [7, 11) is 0. The quantitative estimate of drug-likeness (QED) is 0.752. The summed E-state index contributed by atoms with van der Waals surface area (Å²) in [6.45, 7) is 7.48. The molecule has 1 aromatic rings. The normalized spacial score (nSPS) is 42.0. The Morgan fingerprint density at radius 3 is 2.67 bits per heavy atom. The standard InChI is InChI=1S/C23H30O7/c1-12-10-16(29-13(2)24)19(26)20-22(12,3)8-7-14-21(27)30-17(11-23(14,20)4)18(25)15-6-5-9-28-15/h5-6,9,12,14,16-18,20,25H,7-8,10-11H2,1-4H3/t12-,14+,16+,17+,18?,20+,22+,23+/m1/s1. The molecule has 4 rings (SSSR count). The van der Waals surface area contributed by atoms with Crippen molar-refractivity contribution in [2.75, 3.05) is 0 Å². The topological polar surface area (TPSA) is 103 Å². The van der Waals surface area contributed by atoms with E-state index >= 15 is 0 Å². The second-order valence-corrected chi connectivity index (χ2v) is 9.81. The second-order valence-electron chi connectivity index (χ2n) is 9.81. The summed E-state index contributed by atoms with van der Waals surface area (Å²) in [6, 6.07) is 3.31. The fraction of sp³-hybridized carbons (Fsp3) is 0.696. The maximum atomic E-state index is 13.6. The Hall–Kier alpha value is -2.15. The van der Waals surface area contributed by atoms with Crippen molar-refractivity contribution in [2.24, 2.45) is 28.6 Å². The lowest BCUT2D eigenvalue weighted by Gasteiger charge is -2.61. The van der Waals surface area contributed by atoms with E-state index in [0.29, 0.717) is 25.0 Å². The summed E-state index contributed by atoms with van der Waals surface area (Å²) in [5, 5.41) is 10.8. The van der Waals surface area contributed by atoms with Gasteiger partial charge >= 0.3 is 11.9 Å². The molecule has 3 fully saturated rings. The highest BCUT2D eigenvalue weighted by Crippen LogP contribution is 2.64. The van der Waals surface area contributed by atoms with Crippen molar-refractivity contribution < 1.29 is 33.4 Å². The van der Waals surface area contributed by atoms with Crippen molar-refractivity contribution in [1.29, 1.82) is 0 Å². The van der Waals surface area contributed by atoms with Crippen LogP contribution in [0.4, 0.5) is 0 Å². The van der Waals surface area contributed by atoms with Crippen LogP contribution in [0.15, 0.2) is 22.8 Å². The average Bonchev–Trinajstić information content (AvgIpc) is 3.19. The maximum absolute atomic E-state index is 13.6. The number of cyclic esters (lactones) is 1. The van der Waals surface area contributed by atoms with Crippen LogP contribution >= 0.6 is 0 Å². The van der Waals surface area contributed by atoms with E-state index in [1.807, 2.05) is 6.92 Å². The van der Waals surface area contributed by atoms with Gasteiger partial charge in [0.2, 0.25) is 0 Å². The molecule has 2 heterocycles. The highest BCUT2D eigenvalue weighted by Gasteiger charge is 2.66. The third-order valence-corrected chi connectivity index (χ3v) is 8.07. The van der Waals surface area contributed by atoms with Crippen LogP contribution in [0.2, 0.25) is 0 Å². The third-order valence-electron chi connectivity index (χ3n) is 8.07. The minimum absolute atomic E-state index is 0.112. The number of furan rings is 1. The molecule has 2 aliphatic carbocycles. The number of esters is 2. The minimum atomic E-state index is -1.10. The van der Waals surface area contributed by atoms with Gasteiger partial charge in [-0.05, 0) is 54.6 Å². The van der Waals surface area contributed by atoms with Crippen molar-refractivity contribution in [3.63, 3.8) is 0 Å². The molecule has 0 radical (unpaired) electrons. The van der Waals surface area contributed by atoms with Crippen LogP contribution in [0, 0.1) is 28.6 Å². The molecule has 8 atom stereocenters. The van der Waals surface area contributed by atoms with Crippen LogP contribution in [-0.2, 0) is 23.9 Å². The number of ketones is 1. The highest BCUT2D eigenvalue weighted by molar-refractivity contribution is 5.91. The van der Waals surface area contributed by atoms with E-state index in [1.165, 1.54) is 13.2 Å². The first-order chi connectivity index (χ1) is 14.1. The first kappa shape index (κ1) is 21.1. The van der Waals surface area contributed by atoms with Gasteiger partial charge in [-0.15, -0.1) is 0 Å². The third kappa shape index (κ3) is 3.09. The molecule has 0 spiro atoms. The van der Waals surface area contributed by atoms with E-state index in [0.717, 1.165) is 6.42 Å². The molecule has 1 aromatic heterocycles. The molecule has 1 aliphatic heterocycles. The molecule has 0 bridgehead atoms. The summed E-state index contributed by atoms with van der Waals surface area (Å²) in [4.78, 5) is 38.2. The van der Waals surface area contributed by atoms with Gasteiger partial charge in [0.15, 0.2) is 11.9 Å². The van der Waals surface area contributed by atoms with Gasteiger partial charge in [-0.3, -0.25) is 14.4 Å². The predicted octanol–water partition coefficient (Wildman–Crippen LogP) is 3.21. The number of aliphatic hydroxyl groups is 1. The van der Waals surface area contributed by atoms with Gasteiger partial charge in [0, 0.05) is 12.8 Å². The van der Waals surface area contributed by atoms with Crippen LogP contribution in [-0.4, -0.2) is 35.0 Å². The fourth-order valence-electron chi connectivity index (χ4n) is 6.44. The molecule has 1 N–H and O–H groups in total. The first-order valence-electron chi connectivity index (χ1n) is 10.7. The number of carbonyl (C=O) groups is 3. The number of fused-ring (bicyclic) bond motifs is 3. The predicted molar refractivity (Wildman–Crippen MR) is 105 cm³/mol. The number of hydrogen-bond acceptors (Lipinski definition) is 7. The number of carbonyl (C=O) groups excluding carboxylic acids is 3. The number of hydrogen-bond donors (Lipinski definition) is 1. The Kier molecular flexibility index (Phi) is 5.08. The Balaban J connectivity index is 1.72. The molecule has 3 aliphatic rings. The van der Waals surface area contributed by atoms with Crippen molar-refractivity contribution >= 4 is 17.7 Å². The second kappa shape index (κ2) is 7.22. The van der Waals surface area contributed by atoms with E-state index in [-0.39, 0.29) is 23.1 Å². The molecule has 0 amide bonds. The van der Waals surface area contributed by atoms with E-state index in [1.54, 1.807) is 12.1 Å². The Bertz CT molecular complexity index is 846. The summed E-state index contributed by atoms with van der Waals surface area (Å²) in [5.41, 5.74) is -1.01. The van der Waals surface area contributed by atoms with Crippen LogP contribution < -0.4 is 0 Å². The number of aliphatic hydroxyl groups excluding tert-OH is 1. The molecule has 0 aromatic carbocycles. The van der Waals surface area contributed by atoms with Crippen molar-refractivity contribution in [2.45, 2.75) is 71.7 Å². The van der Waals surface area contributed by atoms with Gasteiger partial charge in [-0.1, -0.05) is 20.8 Å². The van der Waals surface area contributed by atoms with E-state index in [9.17, 15) is 19.5 Å². The summed E-state index contributed by atoms with van der Waals surface area (Å²) in [5.74, 6) is -1.38. The van der Waals surface area contributed by atoms with Crippen LogP contribution in [0.3, 0.4) is 0 Å². The largest absolute Gasteiger partial charge is 0.466 e. The molecule has 1 unspecified atom stereocenters. The van der Waals surface area contributed by atoms with Gasteiger partial charge in [0.1, 0.15) is 18.0 Å².